The highest BCUT2D eigenvalue weighted by Crippen LogP contribution is 2.32. The molecule has 1 aromatic carbocycles. The number of hydrogen-bond acceptors (Lipinski definition) is 4. The minimum Gasteiger partial charge on any atom is -0.495 e. The number of sulfone groups is 1. The van der Waals surface area contributed by atoms with Gasteiger partial charge in [0.25, 0.3) is 0 Å². The monoisotopic (exact) mass is 331 g/mol. The smallest absolute Gasteiger partial charge is 0.227 e. The van der Waals surface area contributed by atoms with Crippen LogP contribution in [0.1, 0.15) is 18.4 Å². The fraction of sp³-hybridized carbons (Fsp3) is 0.500. The molecule has 0 radical (unpaired) electrons. The van der Waals surface area contributed by atoms with Crippen LogP contribution in [0.2, 0.25) is 5.02 Å². The molecule has 0 aliphatic carbocycles. The van der Waals surface area contributed by atoms with Crippen molar-refractivity contribution in [1.82, 2.24) is 0 Å². The first-order valence-corrected chi connectivity index (χ1v) is 8.88. The number of amides is 1. The third-order valence-electron chi connectivity index (χ3n) is 3.66. The van der Waals surface area contributed by atoms with E-state index < -0.39 is 9.84 Å². The van der Waals surface area contributed by atoms with Crippen molar-refractivity contribution >= 4 is 33.0 Å². The fourth-order valence-corrected chi connectivity index (χ4v) is 3.96. The van der Waals surface area contributed by atoms with Crippen LogP contribution in [0.3, 0.4) is 0 Å². The first-order valence-electron chi connectivity index (χ1n) is 6.68. The summed E-state index contributed by atoms with van der Waals surface area (Å²) in [6, 6.07) is 3.40. The minimum atomic E-state index is -2.97. The summed E-state index contributed by atoms with van der Waals surface area (Å²) in [6.07, 6.45) is 0.728. The zero-order valence-corrected chi connectivity index (χ0v) is 13.6. The molecule has 0 spiro atoms. The van der Waals surface area contributed by atoms with Crippen LogP contribution in [0.5, 0.6) is 5.75 Å². The third-order valence-corrected chi connectivity index (χ3v) is 5.79. The first-order chi connectivity index (χ1) is 9.82. The number of benzene rings is 1. The molecule has 1 heterocycles. The van der Waals surface area contributed by atoms with Gasteiger partial charge in [0.05, 0.1) is 24.3 Å². The van der Waals surface area contributed by atoms with Crippen LogP contribution < -0.4 is 10.1 Å². The van der Waals surface area contributed by atoms with Crippen LogP contribution in [-0.2, 0) is 14.6 Å². The molecule has 1 amide bonds. The van der Waals surface area contributed by atoms with Gasteiger partial charge in [-0.25, -0.2) is 8.42 Å². The van der Waals surface area contributed by atoms with Gasteiger partial charge in [0.1, 0.15) is 15.6 Å². The molecule has 116 valence electrons. The maximum atomic E-state index is 12.2. The lowest BCUT2D eigenvalue weighted by atomic mass is 10.0. The number of carbonyl (C=O) groups excluding carboxylic acids is 1. The van der Waals surface area contributed by atoms with Crippen LogP contribution >= 0.6 is 11.6 Å². The maximum absolute atomic E-state index is 12.2. The lowest BCUT2D eigenvalue weighted by molar-refractivity contribution is -0.120. The summed E-state index contributed by atoms with van der Waals surface area (Å²) in [4.78, 5) is 12.2. The summed E-state index contributed by atoms with van der Waals surface area (Å²) in [6.45, 7) is 1.84. The van der Waals surface area contributed by atoms with E-state index in [2.05, 4.69) is 5.32 Å². The second-order valence-electron chi connectivity index (χ2n) is 5.22. The van der Waals surface area contributed by atoms with Gasteiger partial charge in [0.15, 0.2) is 0 Å². The van der Waals surface area contributed by atoms with Crippen molar-refractivity contribution in [1.29, 1.82) is 0 Å². The van der Waals surface area contributed by atoms with Crippen molar-refractivity contribution in [3.63, 3.8) is 0 Å². The molecule has 7 heteroatoms. The molecule has 1 aliphatic heterocycles. The van der Waals surface area contributed by atoms with E-state index >= 15 is 0 Å². The van der Waals surface area contributed by atoms with Crippen molar-refractivity contribution in [3.05, 3.63) is 22.7 Å². The Morgan fingerprint density at radius 2 is 1.95 bits per heavy atom. The number of hydrogen-bond donors (Lipinski definition) is 1. The van der Waals surface area contributed by atoms with E-state index in [0.29, 0.717) is 29.3 Å². The van der Waals surface area contributed by atoms with Crippen molar-refractivity contribution in [2.24, 2.45) is 5.92 Å². The van der Waals surface area contributed by atoms with Crippen LogP contribution in [0.15, 0.2) is 12.1 Å². The number of aryl methyl sites for hydroxylation is 1. The van der Waals surface area contributed by atoms with E-state index in [1.165, 1.54) is 7.11 Å². The molecular formula is C14H18ClNO4S. The predicted octanol–water partition coefficient (Wildman–Crippen LogP) is 2.42. The number of anilines is 1. The summed E-state index contributed by atoms with van der Waals surface area (Å²) in [5.74, 6) is 0.172. The maximum Gasteiger partial charge on any atom is 0.227 e. The summed E-state index contributed by atoms with van der Waals surface area (Å²) < 4.78 is 28.0. The Kier molecular flexibility index (Phi) is 4.78. The Bertz CT molecular complexity index is 643. The van der Waals surface area contributed by atoms with Gasteiger partial charge in [-0.3, -0.25) is 4.79 Å². The Hall–Kier alpha value is -1.27. The van der Waals surface area contributed by atoms with Gasteiger partial charge >= 0.3 is 0 Å². The Morgan fingerprint density at radius 3 is 2.52 bits per heavy atom. The second-order valence-corrected chi connectivity index (χ2v) is 7.93. The van der Waals surface area contributed by atoms with E-state index in [1.54, 1.807) is 12.1 Å². The van der Waals surface area contributed by atoms with Gasteiger partial charge in [-0.1, -0.05) is 11.6 Å². The summed E-state index contributed by atoms with van der Waals surface area (Å²) in [7, 11) is -1.47. The molecule has 0 atom stereocenters. The lowest BCUT2D eigenvalue weighted by Gasteiger charge is -2.22. The molecule has 0 aromatic heterocycles. The molecule has 1 fully saturated rings. The van der Waals surface area contributed by atoms with Crippen molar-refractivity contribution < 1.29 is 17.9 Å². The highest BCUT2D eigenvalue weighted by Gasteiger charge is 2.28. The average molecular weight is 332 g/mol. The van der Waals surface area contributed by atoms with Gasteiger partial charge in [0.2, 0.25) is 5.91 Å². The van der Waals surface area contributed by atoms with Crippen LogP contribution in [-0.4, -0.2) is 32.9 Å². The summed E-state index contributed by atoms with van der Waals surface area (Å²) >= 11 is 6.02. The number of rotatable bonds is 3. The van der Waals surface area contributed by atoms with E-state index in [9.17, 15) is 13.2 Å². The van der Waals surface area contributed by atoms with E-state index in [-0.39, 0.29) is 23.3 Å². The lowest BCUT2D eigenvalue weighted by Crippen LogP contribution is -2.32. The van der Waals surface area contributed by atoms with Crippen molar-refractivity contribution in [2.75, 3.05) is 23.9 Å². The van der Waals surface area contributed by atoms with Gasteiger partial charge in [0, 0.05) is 17.0 Å². The fourth-order valence-electron chi connectivity index (χ4n) is 2.32. The van der Waals surface area contributed by atoms with Crippen molar-refractivity contribution in [3.8, 4) is 5.75 Å². The molecular weight excluding hydrogens is 314 g/mol. The van der Waals surface area contributed by atoms with Crippen molar-refractivity contribution in [2.45, 2.75) is 19.8 Å². The Labute approximate surface area is 129 Å². The summed E-state index contributed by atoms with van der Waals surface area (Å²) in [5, 5.41) is 3.37. The number of halogens is 1. The molecule has 1 aromatic rings. The molecule has 5 nitrogen and oxygen atoms in total. The second kappa shape index (κ2) is 6.23. The van der Waals surface area contributed by atoms with Crippen LogP contribution in [0.25, 0.3) is 0 Å². The zero-order valence-electron chi connectivity index (χ0n) is 12.0. The number of carbonyl (C=O) groups is 1. The molecule has 1 aliphatic rings. The summed E-state index contributed by atoms with van der Waals surface area (Å²) in [5.41, 5.74) is 1.39. The minimum absolute atomic E-state index is 0.0713. The standard InChI is InChI=1S/C14H18ClNO4S/c1-9-7-12(13(20-2)8-11(9)15)16-14(17)10-3-5-21(18,19)6-4-10/h7-8,10H,3-6H2,1-2H3,(H,16,17). The quantitative estimate of drug-likeness (QED) is 0.923. The molecule has 2 rings (SSSR count). The predicted molar refractivity (Wildman–Crippen MR) is 82.7 cm³/mol. The molecule has 21 heavy (non-hydrogen) atoms. The van der Waals surface area contributed by atoms with Gasteiger partial charge in [-0.15, -0.1) is 0 Å². The van der Waals surface area contributed by atoms with Crippen LogP contribution in [0, 0.1) is 12.8 Å². The molecule has 1 N–H and O–H groups in total. The number of ether oxygens (including phenoxy) is 1. The van der Waals surface area contributed by atoms with Gasteiger partial charge in [-0.2, -0.15) is 0 Å². The van der Waals surface area contributed by atoms with E-state index in [4.69, 9.17) is 16.3 Å². The molecule has 0 saturated carbocycles. The molecule has 1 saturated heterocycles. The first kappa shape index (κ1) is 16.1. The Balaban J connectivity index is 2.11. The normalized spacial score (nSPS) is 18.2. The molecule has 0 unspecified atom stereocenters. The third kappa shape index (κ3) is 3.89. The number of nitrogens with one attached hydrogen (secondary N) is 1. The Morgan fingerprint density at radius 1 is 1.33 bits per heavy atom. The van der Waals surface area contributed by atoms with E-state index in [0.717, 1.165) is 5.56 Å². The topological polar surface area (TPSA) is 72.5 Å². The SMILES string of the molecule is COc1cc(Cl)c(C)cc1NC(=O)C1CCS(=O)(=O)CC1. The number of methoxy groups -OCH3 is 1. The molecule has 0 bridgehead atoms. The van der Waals surface area contributed by atoms with Crippen LogP contribution in [0.4, 0.5) is 5.69 Å². The van der Waals surface area contributed by atoms with Gasteiger partial charge in [-0.05, 0) is 31.4 Å². The zero-order chi connectivity index (χ0) is 15.6. The largest absolute Gasteiger partial charge is 0.495 e. The van der Waals surface area contributed by atoms with Gasteiger partial charge < -0.3 is 10.1 Å². The highest BCUT2D eigenvalue weighted by molar-refractivity contribution is 7.91. The average Bonchev–Trinajstić information content (AvgIpc) is 2.42. The highest BCUT2D eigenvalue weighted by atomic mass is 35.5. The van der Waals surface area contributed by atoms with E-state index in [1.807, 2.05) is 6.92 Å².